The average molecular weight is 351 g/mol. The summed E-state index contributed by atoms with van der Waals surface area (Å²) in [5, 5.41) is 17.6. The van der Waals surface area contributed by atoms with Gasteiger partial charge in [0.2, 0.25) is 0 Å². The Balaban J connectivity index is 2.50. The number of phenols is 1. The van der Waals surface area contributed by atoms with Crippen LogP contribution in [0.2, 0.25) is 0 Å². The number of nitrogen functional groups attached to an aromatic ring is 1. The minimum absolute atomic E-state index is 0.130. The molecule has 0 fully saturated rings. The summed E-state index contributed by atoms with van der Waals surface area (Å²) in [6.07, 6.45) is 0. The lowest BCUT2D eigenvalue weighted by Gasteiger charge is -2.08. The number of aryl methyl sites for hydroxylation is 2. The van der Waals surface area contributed by atoms with Gasteiger partial charge in [-0.25, -0.2) is 0 Å². The van der Waals surface area contributed by atoms with E-state index in [1.165, 1.54) is 25.3 Å². The van der Waals surface area contributed by atoms with Gasteiger partial charge in [0.05, 0.1) is 23.4 Å². The summed E-state index contributed by atoms with van der Waals surface area (Å²) in [4.78, 5) is -0.238. The summed E-state index contributed by atoms with van der Waals surface area (Å²) < 4.78 is 37.0. The zero-order valence-electron chi connectivity index (χ0n) is 13.3. The third kappa shape index (κ3) is 3.63. The summed E-state index contributed by atoms with van der Waals surface area (Å²) in [6, 6.07) is 5.50. The van der Waals surface area contributed by atoms with E-state index < -0.39 is 10.1 Å². The van der Waals surface area contributed by atoms with E-state index in [0.717, 1.165) is 0 Å². The maximum Gasteiger partial charge on any atom is 0.294 e. The van der Waals surface area contributed by atoms with E-state index in [1.54, 1.807) is 19.9 Å². The Hall–Kier alpha value is -2.65. The lowest BCUT2D eigenvalue weighted by molar-refractivity contribution is 0.374. The molecule has 0 heterocycles. The Bertz CT molecular complexity index is 923. The molecular weight excluding hydrogens is 334 g/mol. The Labute approximate surface area is 139 Å². The van der Waals surface area contributed by atoms with Crippen molar-refractivity contribution in [1.29, 1.82) is 0 Å². The van der Waals surface area contributed by atoms with E-state index >= 15 is 0 Å². The summed E-state index contributed by atoms with van der Waals surface area (Å²) in [5.41, 5.74) is 7.53. The highest BCUT2D eigenvalue weighted by Crippen LogP contribution is 2.37. The van der Waals surface area contributed by atoms with Crippen molar-refractivity contribution in [2.24, 2.45) is 10.2 Å². The van der Waals surface area contributed by atoms with Crippen LogP contribution in [0.3, 0.4) is 0 Å². The van der Waals surface area contributed by atoms with Crippen molar-refractivity contribution in [3.05, 3.63) is 35.4 Å². The molecule has 0 aliphatic carbocycles. The first kappa shape index (κ1) is 17.7. The van der Waals surface area contributed by atoms with E-state index in [-0.39, 0.29) is 33.5 Å². The minimum atomic E-state index is -4.36. The van der Waals surface area contributed by atoms with Crippen LogP contribution in [0, 0.1) is 13.8 Å². The van der Waals surface area contributed by atoms with Gasteiger partial charge >= 0.3 is 0 Å². The molecule has 0 atom stereocenters. The molecule has 0 bridgehead atoms. The van der Waals surface area contributed by atoms with Crippen molar-refractivity contribution in [2.75, 3.05) is 12.8 Å². The molecule has 0 saturated carbocycles. The van der Waals surface area contributed by atoms with Gasteiger partial charge in [0, 0.05) is 12.1 Å². The number of nitrogens with two attached hydrogens (primary N) is 1. The fourth-order valence-electron chi connectivity index (χ4n) is 2.14. The maximum absolute atomic E-state index is 11.4. The second-order valence-corrected chi connectivity index (χ2v) is 6.55. The van der Waals surface area contributed by atoms with Crippen LogP contribution in [0.5, 0.6) is 11.5 Å². The van der Waals surface area contributed by atoms with Crippen molar-refractivity contribution < 1.29 is 22.8 Å². The SMILES string of the molecule is COc1cc(/N=N/c2cc(S(=O)(=O)O)c(C)cc2C)c(N)cc1O. The molecule has 0 spiro atoms. The predicted molar refractivity (Wildman–Crippen MR) is 89.0 cm³/mol. The van der Waals surface area contributed by atoms with Gasteiger partial charge in [0.1, 0.15) is 5.69 Å². The topological polar surface area (TPSA) is 135 Å². The molecule has 0 aromatic heterocycles. The number of nitrogens with zero attached hydrogens (tertiary/aromatic N) is 2. The third-order valence-corrected chi connectivity index (χ3v) is 4.36. The van der Waals surface area contributed by atoms with E-state index in [9.17, 15) is 18.1 Å². The fourth-order valence-corrected chi connectivity index (χ4v) is 2.87. The Morgan fingerprint density at radius 1 is 1.04 bits per heavy atom. The number of hydrogen-bond acceptors (Lipinski definition) is 7. The second kappa shape index (κ2) is 6.46. The van der Waals surface area contributed by atoms with Gasteiger partial charge in [-0.2, -0.15) is 13.5 Å². The number of methoxy groups -OCH3 is 1. The van der Waals surface area contributed by atoms with Crippen LogP contribution in [-0.4, -0.2) is 25.2 Å². The van der Waals surface area contributed by atoms with Crippen molar-refractivity contribution in [3.63, 3.8) is 0 Å². The van der Waals surface area contributed by atoms with Crippen molar-refractivity contribution in [1.82, 2.24) is 0 Å². The zero-order valence-corrected chi connectivity index (χ0v) is 14.1. The van der Waals surface area contributed by atoms with E-state index in [1.807, 2.05) is 0 Å². The van der Waals surface area contributed by atoms with Crippen LogP contribution < -0.4 is 10.5 Å². The Morgan fingerprint density at radius 3 is 2.25 bits per heavy atom. The van der Waals surface area contributed by atoms with Gasteiger partial charge < -0.3 is 15.6 Å². The van der Waals surface area contributed by atoms with Crippen LogP contribution in [0.15, 0.2) is 39.4 Å². The predicted octanol–water partition coefficient (Wildman–Crippen LogP) is 3.26. The van der Waals surface area contributed by atoms with E-state index in [4.69, 9.17) is 10.5 Å². The summed E-state index contributed by atoms with van der Waals surface area (Å²) in [6.45, 7) is 3.30. The molecule has 2 aromatic carbocycles. The van der Waals surface area contributed by atoms with Crippen LogP contribution in [0.1, 0.15) is 11.1 Å². The van der Waals surface area contributed by atoms with Crippen molar-refractivity contribution in [3.8, 4) is 11.5 Å². The molecule has 9 heteroatoms. The van der Waals surface area contributed by atoms with Gasteiger partial charge in [-0.1, -0.05) is 6.07 Å². The lowest BCUT2D eigenvalue weighted by Crippen LogP contribution is -2.01. The fraction of sp³-hybridized carbons (Fsp3) is 0.200. The van der Waals surface area contributed by atoms with Crippen molar-refractivity contribution >= 4 is 27.2 Å². The quantitative estimate of drug-likeness (QED) is 0.439. The second-order valence-electron chi connectivity index (χ2n) is 5.16. The standard InChI is InChI=1S/C15H17N3O5S/c1-8-4-9(2)15(24(20,21)22)7-11(8)17-18-12-6-14(23-3)13(19)5-10(12)16/h4-7,19H,16H2,1-3H3,(H,20,21,22)/b18-17+. The molecule has 0 aliphatic rings. The average Bonchev–Trinajstić information content (AvgIpc) is 2.46. The number of benzene rings is 2. The molecule has 0 amide bonds. The van der Waals surface area contributed by atoms with Crippen LogP contribution in [-0.2, 0) is 10.1 Å². The molecule has 0 aliphatic heterocycles. The molecule has 0 radical (unpaired) electrons. The first-order valence-corrected chi connectivity index (χ1v) is 8.24. The molecule has 2 rings (SSSR count). The number of hydrogen-bond donors (Lipinski definition) is 3. The molecule has 0 unspecified atom stereocenters. The van der Waals surface area contributed by atoms with Crippen LogP contribution in [0.4, 0.5) is 17.1 Å². The van der Waals surface area contributed by atoms with E-state index in [0.29, 0.717) is 11.1 Å². The molecule has 2 aromatic rings. The number of aromatic hydroxyl groups is 1. The lowest BCUT2D eigenvalue weighted by atomic mass is 10.1. The summed E-state index contributed by atoms with van der Waals surface area (Å²) in [7, 11) is -2.98. The first-order valence-electron chi connectivity index (χ1n) is 6.80. The number of azo groups is 1. The molecule has 4 N–H and O–H groups in total. The minimum Gasteiger partial charge on any atom is -0.504 e. The summed E-state index contributed by atoms with van der Waals surface area (Å²) in [5.74, 6) is 0.0477. The number of phenolic OH excluding ortho intramolecular Hbond substituents is 1. The highest BCUT2D eigenvalue weighted by molar-refractivity contribution is 7.85. The van der Waals surface area contributed by atoms with Gasteiger partial charge in [-0.05, 0) is 31.0 Å². The Kier molecular flexibility index (Phi) is 4.76. The van der Waals surface area contributed by atoms with Crippen LogP contribution in [0.25, 0.3) is 0 Å². The molecular formula is C15H17N3O5S. The number of anilines is 1. The number of rotatable bonds is 4. The molecule has 128 valence electrons. The van der Waals surface area contributed by atoms with Gasteiger partial charge in [0.25, 0.3) is 10.1 Å². The maximum atomic E-state index is 11.4. The molecule has 24 heavy (non-hydrogen) atoms. The largest absolute Gasteiger partial charge is 0.504 e. The monoisotopic (exact) mass is 351 g/mol. The highest BCUT2D eigenvalue weighted by Gasteiger charge is 2.15. The molecule has 0 saturated heterocycles. The number of ether oxygens (including phenoxy) is 1. The summed E-state index contributed by atoms with van der Waals surface area (Å²) >= 11 is 0. The van der Waals surface area contributed by atoms with Gasteiger partial charge in [0.15, 0.2) is 11.5 Å². The molecule has 8 nitrogen and oxygen atoms in total. The Morgan fingerprint density at radius 2 is 1.67 bits per heavy atom. The van der Waals surface area contributed by atoms with Crippen LogP contribution >= 0.6 is 0 Å². The normalized spacial score (nSPS) is 11.8. The van der Waals surface area contributed by atoms with Gasteiger partial charge in [-0.15, -0.1) is 5.11 Å². The van der Waals surface area contributed by atoms with Crippen molar-refractivity contribution in [2.45, 2.75) is 18.7 Å². The smallest absolute Gasteiger partial charge is 0.294 e. The van der Waals surface area contributed by atoms with Gasteiger partial charge in [-0.3, -0.25) is 4.55 Å². The third-order valence-electron chi connectivity index (χ3n) is 3.37. The highest BCUT2D eigenvalue weighted by atomic mass is 32.2. The van der Waals surface area contributed by atoms with E-state index in [2.05, 4.69) is 10.2 Å². The zero-order chi connectivity index (χ0) is 18.1. The first-order chi connectivity index (χ1) is 11.1.